The molecule has 0 aliphatic heterocycles. The van der Waals surface area contributed by atoms with Crippen LogP contribution >= 0.6 is 15.9 Å². The Hall–Kier alpha value is -1.62. The molecule has 0 unspecified atom stereocenters. The van der Waals surface area contributed by atoms with Crippen molar-refractivity contribution in [3.8, 4) is 0 Å². The van der Waals surface area contributed by atoms with Gasteiger partial charge in [-0.05, 0) is 60.5 Å². The highest BCUT2D eigenvalue weighted by atomic mass is 79.9. The van der Waals surface area contributed by atoms with Gasteiger partial charge in [-0.15, -0.1) is 0 Å². The second-order valence-corrected chi connectivity index (χ2v) is 5.37. The minimum Gasteiger partial charge on any atom is -0.357 e. The number of aromatic nitrogens is 2. The van der Waals surface area contributed by atoms with Crippen molar-refractivity contribution in [3.05, 3.63) is 40.5 Å². The van der Waals surface area contributed by atoms with Crippen LogP contribution in [0.1, 0.15) is 19.4 Å². The van der Waals surface area contributed by atoms with E-state index < -0.39 is 0 Å². The third-order valence-electron chi connectivity index (χ3n) is 3.10. The molecule has 0 saturated carbocycles. The van der Waals surface area contributed by atoms with Crippen LogP contribution in [0.15, 0.2) is 34.9 Å². The van der Waals surface area contributed by atoms with Gasteiger partial charge < -0.3 is 10.2 Å². The van der Waals surface area contributed by atoms with Gasteiger partial charge in [0.1, 0.15) is 5.82 Å². The molecule has 106 valence electrons. The van der Waals surface area contributed by atoms with Gasteiger partial charge in [0.15, 0.2) is 0 Å². The van der Waals surface area contributed by atoms with Gasteiger partial charge >= 0.3 is 0 Å². The van der Waals surface area contributed by atoms with E-state index >= 15 is 0 Å². The number of rotatable bonds is 5. The number of aryl methyl sites for hydroxylation is 1. The van der Waals surface area contributed by atoms with Crippen LogP contribution in [0.2, 0.25) is 0 Å². The van der Waals surface area contributed by atoms with Crippen molar-refractivity contribution in [3.63, 3.8) is 0 Å². The fourth-order valence-corrected chi connectivity index (χ4v) is 2.57. The lowest BCUT2D eigenvalue weighted by Crippen LogP contribution is -2.23. The number of anilines is 3. The van der Waals surface area contributed by atoms with Crippen molar-refractivity contribution in [2.45, 2.75) is 20.8 Å². The molecule has 0 spiro atoms. The first-order valence-electron chi connectivity index (χ1n) is 6.75. The summed E-state index contributed by atoms with van der Waals surface area (Å²) in [5.41, 5.74) is 2.17. The monoisotopic (exact) mass is 334 g/mol. The molecule has 0 amide bonds. The van der Waals surface area contributed by atoms with Crippen LogP contribution in [0.25, 0.3) is 0 Å². The molecule has 2 rings (SSSR count). The maximum absolute atomic E-state index is 4.56. The molecule has 0 atom stereocenters. The lowest BCUT2D eigenvalue weighted by atomic mass is 10.2. The van der Waals surface area contributed by atoms with Crippen molar-refractivity contribution < 1.29 is 0 Å². The molecule has 1 heterocycles. The molecule has 0 bridgehead atoms. The van der Waals surface area contributed by atoms with Crippen LogP contribution < -0.4 is 10.2 Å². The number of benzene rings is 1. The van der Waals surface area contributed by atoms with Crippen LogP contribution in [-0.4, -0.2) is 23.1 Å². The van der Waals surface area contributed by atoms with Gasteiger partial charge in [-0.3, -0.25) is 0 Å². The molecule has 1 N–H and O–H groups in total. The lowest BCUT2D eigenvalue weighted by Gasteiger charge is -2.20. The Labute approximate surface area is 128 Å². The Morgan fingerprint density at radius 3 is 2.60 bits per heavy atom. The Bertz CT molecular complexity index is 582. The highest BCUT2D eigenvalue weighted by Gasteiger charge is 2.07. The Kier molecular flexibility index (Phi) is 4.95. The summed E-state index contributed by atoms with van der Waals surface area (Å²) in [6.07, 6.45) is 1.78. The van der Waals surface area contributed by atoms with Crippen molar-refractivity contribution in [2.75, 3.05) is 23.3 Å². The second kappa shape index (κ2) is 6.70. The maximum Gasteiger partial charge on any atom is 0.229 e. The summed E-state index contributed by atoms with van der Waals surface area (Å²) in [5.74, 6) is 1.55. The average Bonchev–Trinajstić information content (AvgIpc) is 2.44. The molecule has 0 aliphatic rings. The Balaban J connectivity index is 2.23. The molecule has 1 aromatic carbocycles. The van der Waals surface area contributed by atoms with E-state index in [-0.39, 0.29) is 0 Å². The van der Waals surface area contributed by atoms with Gasteiger partial charge in [0, 0.05) is 23.8 Å². The van der Waals surface area contributed by atoms with Gasteiger partial charge in [-0.1, -0.05) is 6.07 Å². The van der Waals surface area contributed by atoms with Gasteiger partial charge in [0.05, 0.1) is 5.69 Å². The standard InChI is InChI=1S/C15H19BrN4/c1-4-20(5-2)14-8-9-17-15(19-14)18-13-7-6-11(3)10-12(13)16/h6-10H,4-5H2,1-3H3,(H,17,18,19). The molecule has 20 heavy (non-hydrogen) atoms. The summed E-state index contributed by atoms with van der Waals surface area (Å²) in [6, 6.07) is 8.08. The molecule has 0 fully saturated rings. The topological polar surface area (TPSA) is 41.1 Å². The maximum atomic E-state index is 4.56. The third kappa shape index (κ3) is 3.48. The van der Waals surface area contributed by atoms with Gasteiger partial charge in [0.25, 0.3) is 0 Å². The molecule has 2 aromatic rings. The molecule has 0 saturated heterocycles. The molecule has 4 nitrogen and oxygen atoms in total. The highest BCUT2D eigenvalue weighted by Crippen LogP contribution is 2.26. The van der Waals surface area contributed by atoms with Crippen LogP contribution in [0.4, 0.5) is 17.5 Å². The van der Waals surface area contributed by atoms with E-state index in [0.29, 0.717) is 5.95 Å². The third-order valence-corrected chi connectivity index (χ3v) is 3.76. The zero-order valence-electron chi connectivity index (χ0n) is 12.0. The van der Waals surface area contributed by atoms with E-state index in [1.807, 2.05) is 12.1 Å². The predicted molar refractivity (Wildman–Crippen MR) is 87.8 cm³/mol. The molecule has 5 heteroatoms. The fourth-order valence-electron chi connectivity index (χ4n) is 1.98. The molecule has 0 aliphatic carbocycles. The van der Waals surface area contributed by atoms with Crippen molar-refractivity contribution >= 4 is 33.4 Å². The summed E-state index contributed by atoms with van der Waals surface area (Å²) in [7, 11) is 0. The van der Waals surface area contributed by atoms with Gasteiger partial charge in [-0.25, -0.2) is 4.98 Å². The van der Waals surface area contributed by atoms with Crippen LogP contribution in [0.3, 0.4) is 0 Å². The zero-order chi connectivity index (χ0) is 14.5. The largest absolute Gasteiger partial charge is 0.357 e. The van der Waals surface area contributed by atoms with E-state index in [2.05, 4.69) is 69.0 Å². The van der Waals surface area contributed by atoms with E-state index in [1.54, 1.807) is 6.20 Å². The normalized spacial score (nSPS) is 10.4. The summed E-state index contributed by atoms with van der Waals surface area (Å²) >= 11 is 3.55. The average molecular weight is 335 g/mol. The summed E-state index contributed by atoms with van der Waals surface area (Å²) < 4.78 is 1.01. The highest BCUT2D eigenvalue weighted by molar-refractivity contribution is 9.10. The van der Waals surface area contributed by atoms with Crippen LogP contribution in [0.5, 0.6) is 0 Å². The summed E-state index contributed by atoms with van der Waals surface area (Å²) in [5, 5.41) is 3.25. The van der Waals surface area contributed by atoms with Crippen LogP contribution in [-0.2, 0) is 0 Å². The number of nitrogens with one attached hydrogen (secondary N) is 1. The minimum absolute atomic E-state index is 0.610. The van der Waals surface area contributed by atoms with E-state index in [0.717, 1.165) is 29.1 Å². The van der Waals surface area contributed by atoms with E-state index in [1.165, 1.54) is 5.56 Å². The molecular formula is C15H19BrN4. The number of hydrogen-bond donors (Lipinski definition) is 1. The Morgan fingerprint density at radius 2 is 1.95 bits per heavy atom. The first kappa shape index (κ1) is 14.8. The number of nitrogens with zero attached hydrogens (tertiary/aromatic N) is 3. The second-order valence-electron chi connectivity index (χ2n) is 4.52. The minimum atomic E-state index is 0.610. The Morgan fingerprint density at radius 1 is 1.20 bits per heavy atom. The van der Waals surface area contributed by atoms with Crippen molar-refractivity contribution in [2.24, 2.45) is 0 Å². The predicted octanol–water partition coefficient (Wildman–Crippen LogP) is 4.14. The SMILES string of the molecule is CCN(CC)c1ccnc(Nc2ccc(C)cc2Br)n1. The van der Waals surface area contributed by atoms with Gasteiger partial charge in [-0.2, -0.15) is 4.98 Å². The van der Waals surface area contributed by atoms with Crippen molar-refractivity contribution in [1.29, 1.82) is 0 Å². The smallest absolute Gasteiger partial charge is 0.229 e. The number of halogens is 1. The first-order valence-corrected chi connectivity index (χ1v) is 7.54. The van der Waals surface area contributed by atoms with Gasteiger partial charge in [0.2, 0.25) is 5.95 Å². The molecule has 0 radical (unpaired) electrons. The quantitative estimate of drug-likeness (QED) is 0.892. The van der Waals surface area contributed by atoms with Crippen molar-refractivity contribution in [1.82, 2.24) is 9.97 Å². The fraction of sp³-hybridized carbons (Fsp3) is 0.333. The summed E-state index contributed by atoms with van der Waals surface area (Å²) in [6.45, 7) is 8.17. The van der Waals surface area contributed by atoms with E-state index in [4.69, 9.17) is 0 Å². The summed E-state index contributed by atoms with van der Waals surface area (Å²) in [4.78, 5) is 11.0. The molecule has 1 aromatic heterocycles. The first-order chi connectivity index (χ1) is 9.63. The van der Waals surface area contributed by atoms with Crippen LogP contribution in [0, 0.1) is 6.92 Å². The zero-order valence-corrected chi connectivity index (χ0v) is 13.6. The van der Waals surface area contributed by atoms with E-state index in [9.17, 15) is 0 Å². The molecular weight excluding hydrogens is 316 g/mol. The lowest BCUT2D eigenvalue weighted by molar-refractivity contribution is 0.843. The number of hydrogen-bond acceptors (Lipinski definition) is 4.